The molecule has 1 saturated carbocycles. The van der Waals surface area contributed by atoms with Crippen LogP contribution in [0.2, 0.25) is 0 Å². The molecule has 0 amide bonds. The lowest BCUT2D eigenvalue weighted by molar-refractivity contribution is 0.143. The fraction of sp³-hybridized carbons (Fsp3) is 0.750. The highest BCUT2D eigenvalue weighted by atomic mass is 32.1. The molecule has 3 nitrogen and oxygen atoms in total. The van der Waals surface area contributed by atoms with E-state index < -0.39 is 0 Å². The van der Waals surface area contributed by atoms with Crippen LogP contribution in [0.4, 0.5) is 0 Å². The summed E-state index contributed by atoms with van der Waals surface area (Å²) in [5.74, 6) is 0. The molecule has 1 N–H and O–H groups in total. The lowest BCUT2D eigenvalue weighted by atomic mass is 10.2. The minimum atomic E-state index is 0.608. The third-order valence-corrected chi connectivity index (χ3v) is 4.65. The van der Waals surface area contributed by atoms with Crippen molar-refractivity contribution in [3.63, 3.8) is 0 Å². The maximum Gasteiger partial charge on any atom is 0.0477 e. The molecule has 1 fully saturated rings. The summed E-state index contributed by atoms with van der Waals surface area (Å²) in [4.78, 5) is 4.15. The van der Waals surface area contributed by atoms with Gasteiger partial charge >= 0.3 is 0 Å². The first-order chi connectivity index (χ1) is 9.81. The van der Waals surface area contributed by atoms with E-state index in [4.69, 9.17) is 4.74 Å². The average Bonchev–Trinajstić information content (AvgIpc) is 3.16. The van der Waals surface area contributed by atoms with E-state index in [1.807, 2.05) is 18.3 Å². The molecule has 2 rings (SSSR count). The quantitative estimate of drug-likeness (QED) is 0.635. The molecule has 0 spiro atoms. The van der Waals surface area contributed by atoms with Gasteiger partial charge in [0.05, 0.1) is 0 Å². The molecule has 20 heavy (non-hydrogen) atoms. The minimum Gasteiger partial charge on any atom is -0.382 e. The Balaban J connectivity index is 1.66. The van der Waals surface area contributed by atoms with E-state index in [0.29, 0.717) is 6.04 Å². The summed E-state index contributed by atoms with van der Waals surface area (Å²) < 4.78 is 5.36. The first kappa shape index (κ1) is 16.0. The van der Waals surface area contributed by atoms with Gasteiger partial charge in [-0.3, -0.25) is 4.90 Å². The van der Waals surface area contributed by atoms with Crippen molar-refractivity contribution in [3.05, 3.63) is 22.4 Å². The Bertz CT molecular complexity index is 351. The second-order valence-corrected chi connectivity index (χ2v) is 6.62. The molecule has 1 aliphatic carbocycles. The Morgan fingerprint density at radius 2 is 2.35 bits per heavy atom. The summed E-state index contributed by atoms with van der Waals surface area (Å²) in [5.41, 5.74) is 0. The first-order valence-corrected chi connectivity index (χ1v) is 8.75. The standard InChI is InChI=1S/C16H28N2OS/c1-3-19-10-5-9-17-12-14(2)18(15-7-8-15)13-16-6-4-11-20-16/h4,6,11,14-15,17H,3,5,7-10,12-13H2,1-2H3. The van der Waals surface area contributed by atoms with Crippen molar-refractivity contribution in [1.82, 2.24) is 10.2 Å². The lowest BCUT2D eigenvalue weighted by Crippen LogP contribution is -2.41. The van der Waals surface area contributed by atoms with Gasteiger partial charge in [-0.2, -0.15) is 0 Å². The van der Waals surface area contributed by atoms with Gasteiger partial charge in [-0.1, -0.05) is 6.07 Å². The molecule has 114 valence electrons. The molecule has 1 heterocycles. The number of nitrogens with one attached hydrogen (secondary N) is 1. The molecular weight excluding hydrogens is 268 g/mol. The zero-order chi connectivity index (χ0) is 14.2. The largest absolute Gasteiger partial charge is 0.382 e. The maximum atomic E-state index is 5.36. The Morgan fingerprint density at radius 3 is 3.00 bits per heavy atom. The van der Waals surface area contributed by atoms with E-state index in [1.165, 1.54) is 17.7 Å². The number of rotatable bonds is 11. The Morgan fingerprint density at radius 1 is 1.50 bits per heavy atom. The van der Waals surface area contributed by atoms with Gasteiger partial charge in [-0.15, -0.1) is 11.3 Å². The molecule has 0 aromatic carbocycles. The number of hydrogen-bond donors (Lipinski definition) is 1. The maximum absolute atomic E-state index is 5.36. The fourth-order valence-electron chi connectivity index (χ4n) is 2.51. The highest BCUT2D eigenvalue weighted by molar-refractivity contribution is 7.09. The number of thiophene rings is 1. The van der Waals surface area contributed by atoms with Crippen LogP contribution in [0.25, 0.3) is 0 Å². The second kappa shape index (κ2) is 8.78. The molecule has 0 saturated heterocycles. The van der Waals surface area contributed by atoms with Gasteiger partial charge in [-0.25, -0.2) is 0 Å². The molecular formula is C16H28N2OS. The zero-order valence-corrected chi connectivity index (χ0v) is 13.6. The van der Waals surface area contributed by atoms with Crippen molar-refractivity contribution in [2.45, 2.75) is 51.7 Å². The summed E-state index contributed by atoms with van der Waals surface area (Å²) in [5, 5.41) is 5.75. The number of ether oxygens (including phenoxy) is 1. The SMILES string of the molecule is CCOCCCNCC(C)N(Cc1cccs1)C1CC1. The third kappa shape index (κ3) is 5.52. The zero-order valence-electron chi connectivity index (χ0n) is 12.8. The van der Waals surface area contributed by atoms with Gasteiger partial charge in [0.1, 0.15) is 0 Å². The van der Waals surface area contributed by atoms with E-state index in [9.17, 15) is 0 Å². The van der Waals surface area contributed by atoms with Crippen molar-refractivity contribution in [2.24, 2.45) is 0 Å². The smallest absolute Gasteiger partial charge is 0.0477 e. The number of hydrogen-bond acceptors (Lipinski definition) is 4. The Kier molecular flexibility index (Phi) is 7.00. The van der Waals surface area contributed by atoms with Crippen LogP contribution in [-0.4, -0.2) is 43.3 Å². The van der Waals surface area contributed by atoms with Crippen molar-refractivity contribution >= 4 is 11.3 Å². The molecule has 4 heteroatoms. The highest BCUT2D eigenvalue weighted by Crippen LogP contribution is 2.30. The number of nitrogens with zero attached hydrogens (tertiary/aromatic N) is 1. The monoisotopic (exact) mass is 296 g/mol. The van der Waals surface area contributed by atoms with Gasteiger partial charge < -0.3 is 10.1 Å². The van der Waals surface area contributed by atoms with Crippen LogP contribution >= 0.6 is 11.3 Å². The van der Waals surface area contributed by atoms with Crippen molar-refractivity contribution in [1.29, 1.82) is 0 Å². The Hall–Kier alpha value is -0.420. The predicted molar refractivity (Wildman–Crippen MR) is 86.3 cm³/mol. The predicted octanol–water partition coefficient (Wildman–Crippen LogP) is 3.12. The summed E-state index contributed by atoms with van der Waals surface area (Å²) in [6.07, 6.45) is 3.86. The van der Waals surface area contributed by atoms with Crippen LogP contribution in [0.5, 0.6) is 0 Å². The highest BCUT2D eigenvalue weighted by Gasteiger charge is 2.32. The van der Waals surface area contributed by atoms with E-state index >= 15 is 0 Å². The molecule has 1 aromatic heterocycles. The van der Waals surface area contributed by atoms with Crippen molar-refractivity contribution in [3.8, 4) is 0 Å². The molecule has 1 aromatic rings. The summed E-state index contributed by atoms with van der Waals surface area (Å²) in [7, 11) is 0. The molecule has 0 aliphatic heterocycles. The third-order valence-electron chi connectivity index (χ3n) is 3.79. The molecule has 0 radical (unpaired) electrons. The van der Waals surface area contributed by atoms with Gasteiger partial charge in [0.15, 0.2) is 0 Å². The van der Waals surface area contributed by atoms with E-state index in [0.717, 1.165) is 45.3 Å². The van der Waals surface area contributed by atoms with Crippen LogP contribution < -0.4 is 5.32 Å². The molecule has 0 bridgehead atoms. The van der Waals surface area contributed by atoms with Gasteiger partial charge in [0, 0.05) is 43.3 Å². The van der Waals surface area contributed by atoms with Crippen LogP contribution in [0.15, 0.2) is 17.5 Å². The van der Waals surface area contributed by atoms with E-state index in [2.05, 4.69) is 34.7 Å². The van der Waals surface area contributed by atoms with Crippen LogP contribution in [0.1, 0.15) is 38.0 Å². The summed E-state index contributed by atoms with van der Waals surface area (Å²) >= 11 is 1.87. The van der Waals surface area contributed by atoms with Gasteiger partial charge in [0.2, 0.25) is 0 Å². The summed E-state index contributed by atoms with van der Waals surface area (Å²) in [6.45, 7) is 9.35. The summed E-state index contributed by atoms with van der Waals surface area (Å²) in [6, 6.07) is 5.83. The topological polar surface area (TPSA) is 24.5 Å². The first-order valence-electron chi connectivity index (χ1n) is 7.88. The lowest BCUT2D eigenvalue weighted by Gasteiger charge is -2.29. The van der Waals surface area contributed by atoms with Gasteiger partial charge in [-0.05, 0) is 51.1 Å². The van der Waals surface area contributed by atoms with E-state index in [1.54, 1.807) is 0 Å². The average molecular weight is 296 g/mol. The van der Waals surface area contributed by atoms with Crippen molar-refractivity contribution in [2.75, 3.05) is 26.3 Å². The van der Waals surface area contributed by atoms with Crippen LogP contribution in [-0.2, 0) is 11.3 Å². The fourth-order valence-corrected chi connectivity index (χ4v) is 3.22. The van der Waals surface area contributed by atoms with Crippen molar-refractivity contribution < 1.29 is 4.74 Å². The van der Waals surface area contributed by atoms with Gasteiger partial charge in [0.25, 0.3) is 0 Å². The molecule has 1 aliphatic rings. The molecule has 1 unspecified atom stereocenters. The minimum absolute atomic E-state index is 0.608. The van der Waals surface area contributed by atoms with Crippen LogP contribution in [0, 0.1) is 0 Å². The Labute approximate surface area is 127 Å². The second-order valence-electron chi connectivity index (χ2n) is 5.59. The molecule has 1 atom stereocenters. The van der Waals surface area contributed by atoms with Crippen LogP contribution in [0.3, 0.4) is 0 Å². The van der Waals surface area contributed by atoms with E-state index in [-0.39, 0.29) is 0 Å². The normalized spacial score (nSPS) is 16.8.